The summed E-state index contributed by atoms with van der Waals surface area (Å²) >= 11 is 1.11. The zero-order valence-corrected chi connectivity index (χ0v) is 11.5. The first-order valence-electron chi connectivity index (χ1n) is 5.59. The predicted molar refractivity (Wildman–Crippen MR) is 68.6 cm³/mol. The topological polar surface area (TPSA) is 75.4 Å². The highest BCUT2D eigenvalue weighted by Gasteiger charge is 2.20. The Labute approximate surface area is 110 Å². The quantitative estimate of drug-likeness (QED) is 0.784. The SMILES string of the molecule is CCN(C)C(=O)C(C)n1ccnc1SCC(=O)O. The maximum Gasteiger partial charge on any atom is 0.313 e. The zero-order chi connectivity index (χ0) is 13.7. The smallest absolute Gasteiger partial charge is 0.313 e. The largest absolute Gasteiger partial charge is 0.481 e. The monoisotopic (exact) mass is 271 g/mol. The van der Waals surface area contributed by atoms with Crippen LogP contribution in [-0.4, -0.2) is 50.8 Å². The number of amides is 1. The molecule has 100 valence electrons. The number of imidazole rings is 1. The maximum absolute atomic E-state index is 12.0. The first-order chi connectivity index (χ1) is 8.47. The normalized spacial score (nSPS) is 12.2. The van der Waals surface area contributed by atoms with Gasteiger partial charge in [0.2, 0.25) is 5.91 Å². The van der Waals surface area contributed by atoms with E-state index in [1.165, 1.54) is 0 Å². The maximum atomic E-state index is 12.0. The molecule has 0 bridgehead atoms. The molecule has 7 heteroatoms. The Balaban J connectivity index is 2.80. The molecule has 18 heavy (non-hydrogen) atoms. The van der Waals surface area contributed by atoms with Crippen molar-refractivity contribution in [3.8, 4) is 0 Å². The summed E-state index contributed by atoms with van der Waals surface area (Å²) in [6.45, 7) is 4.31. The van der Waals surface area contributed by atoms with Crippen LogP contribution in [-0.2, 0) is 9.59 Å². The molecule has 1 rings (SSSR count). The molecule has 1 amide bonds. The van der Waals surface area contributed by atoms with Crippen molar-refractivity contribution in [2.45, 2.75) is 25.0 Å². The Morgan fingerprint density at radius 3 is 2.83 bits per heavy atom. The van der Waals surface area contributed by atoms with Gasteiger partial charge in [0.15, 0.2) is 5.16 Å². The van der Waals surface area contributed by atoms with Gasteiger partial charge in [0, 0.05) is 26.0 Å². The standard InChI is InChI=1S/C11H17N3O3S/c1-4-13(3)10(17)8(2)14-6-5-12-11(14)18-7-9(15)16/h5-6,8H,4,7H2,1-3H3,(H,15,16). The van der Waals surface area contributed by atoms with Crippen LogP contribution in [0.15, 0.2) is 17.6 Å². The molecule has 0 spiro atoms. The number of hydrogen-bond donors (Lipinski definition) is 1. The van der Waals surface area contributed by atoms with Crippen LogP contribution in [0.3, 0.4) is 0 Å². The number of carboxylic acids is 1. The highest BCUT2D eigenvalue weighted by atomic mass is 32.2. The highest BCUT2D eigenvalue weighted by Crippen LogP contribution is 2.20. The molecule has 1 heterocycles. The van der Waals surface area contributed by atoms with Gasteiger partial charge in [0.05, 0.1) is 5.75 Å². The van der Waals surface area contributed by atoms with E-state index in [1.54, 1.807) is 35.8 Å². The third kappa shape index (κ3) is 3.49. The molecule has 1 N–H and O–H groups in total. The van der Waals surface area contributed by atoms with Gasteiger partial charge in [-0.2, -0.15) is 0 Å². The molecular weight excluding hydrogens is 254 g/mol. The van der Waals surface area contributed by atoms with E-state index in [-0.39, 0.29) is 17.7 Å². The molecular formula is C11H17N3O3S. The molecule has 1 unspecified atom stereocenters. The number of aliphatic carboxylic acids is 1. The molecule has 0 aromatic carbocycles. The number of carboxylic acid groups (broad SMARTS) is 1. The minimum Gasteiger partial charge on any atom is -0.481 e. The Morgan fingerprint density at radius 1 is 1.61 bits per heavy atom. The number of rotatable bonds is 6. The van der Waals surface area contributed by atoms with Crippen LogP contribution in [0.4, 0.5) is 0 Å². The van der Waals surface area contributed by atoms with Gasteiger partial charge in [0.25, 0.3) is 0 Å². The van der Waals surface area contributed by atoms with Crippen molar-refractivity contribution in [1.29, 1.82) is 0 Å². The Kier molecular flexibility index (Phi) is 5.21. The lowest BCUT2D eigenvalue weighted by atomic mass is 10.3. The molecule has 0 fully saturated rings. The summed E-state index contributed by atoms with van der Waals surface area (Å²) in [6.07, 6.45) is 3.26. The second kappa shape index (κ2) is 6.44. The van der Waals surface area contributed by atoms with E-state index >= 15 is 0 Å². The fourth-order valence-electron chi connectivity index (χ4n) is 1.43. The summed E-state index contributed by atoms with van der Waals surface area (Å²) in [5, 5.41) is 9.19. The van der Waals surface area contributed by atoms with Gasteiger partial charge in [-0.25, -0.2) is 4.98 Å². The van der Waals surface area contributed by atoms with Gasteiger partial charge in [0.1, 0.15) is 6.04 Å². The van der Waals surface area contributed by atoms with Gasteiger partial charge in [-0.3, -0.25) is 9.59 Å². The summed E-state index contributed by atoms with van der Waals surface area (Å²) in [5.74, 6) is -0.992. The fourth-order valence-corrected chi connectivity index (χ4v) is 2.18. The van der Waals surface area contributed by atoms with Crippen LogP contribution in [0.5, 0.6) is 0 Å². The highest BCUT2D eigenvalue weighted by molar-refractivity contribution is 7.99. The minimum absolute atomic E-state index is 0.0207. The van der Waals surface area contributed by atoms with E-state index in [9.17, 15) is 9.59 Å². The third-order valence-corrected chi connectivity index (χ3v) is 3.55. The van der Waals surface area contributed by atoms with Crippen LogP contribution >= 0.6 is 11.8 Å². The number of nitrogens with zero attached hydrogens (tertiary/aromatic N) is 3. The second-order valence-corrected chi connectivity index (χ2v) is 4.77. The Hall–Kier alpha value is -1.50. The first kappa shape index (κ1) is 14.6. The van der Waals surface area contributed by atoms with Crippen molar-refractivity contribution in [2.24, 2.45) is 0 Å². The summed E-state index contributed by atoms with van der Waals surface area (Å²) in [5.41, 5.74) is 0. The van der Waals surface area contributed by atoms with Crippen molar-refractivity contribution < 1.29 is 14.7 Å². The van der Waals surface area contributed by atoms with E-state index in [1.807, 2.05) is 6.92 Å². The first-order valence-corrected chi connectivity index (χ1v) is 6.58. The lowest BCUT2D eigenvalue weighted by Gasteiger charge is -2.21. The molecule has 0 radical (unpaired) electrons. The van der Waals surface area contributed by atoms with Crippen molar-refractivity contribution in [1.82, 2.24) is 14.5 Å². The third-order valence-electron chi connectivity index (χ3n) is 2.58. The lowest BCUT2D eigenvalue weighted by molar-refractivity contribution is -0.134. The van der Waals surface area contributed by atoms with Gasteiger partial charge in [-0.05, 0) is 13.8 Å². The zero-order valence-electron chi connectivity index (χ0n) is 10.7. The van der Waals surface area contributed by atoms with Gasteiger partial charge in [-0.1, -0.05) is 11.8 Å². The van der Waals surface area contributed by atoms with Crippen LogP contribution in [0.25, 0.3) is 0 Å². The lowest BCUT2D eigenvalue weighted by Crippen LogP contribution is -2.33. The van der Waals surface area contributed by atoms with Crippen LogP contribution in [0.1, 0.15) is 19.9 Å². The number of carbonyl (C=O) groups excluding carboxylic acids is 1. The number of likely N-dealkylation sites (N-methyl/N-ethyl adjacent to an activating group) is 1. The van der Waals surface area contributed by atoms with Gasteiger partial charge >= 0.3 is 5.97 Å². The van der Waals surface area contributed by atoms with Crippen LogP contribution < -0.4 is 0 Å². The molecule has 0 aliphatic heterocycles. The number of thioether (sulfide) groups is 1. The Bertz CT molecular complexity index is 433. The molecule has 1 aromatic rings. The molecule has 0 saturated heterocycles. The molecule has 0 saturated carbocycles. The number of carbonyl (C=O) groups is 2. The van der Waals surface area contributed by atoms with Crippen molar-refractivity contribution in [3.05, 3.63) is 12.4 Å². The van der Waals surface area contributed by atoms with E-state index in [4.69, 9.17) is 5.11 Å². The van der Waals surface area contributed by atoms with E-state index < -0.39 is 5.97 Å². The molecule has 0 aliphatic carbocycles. The molecule has 0 aliphatic rings. The van der Waals surface area contributed by atoms with Crippen LogP contribution in [0.2, 0.25) is 0 Å². The number of hydrogen-bond acceptors (Lipinski definition) is 4. The minimum atomic E-state index is -0.904. The van der Waals surface area contributed by atoms with Crippen LogP contribution in [0, 0.1) is 0 Å². The van der Waals surface area contributed by atoms with E-state index in [0.29, 0.717) is 11.7 Å². The predicted octanol–water partition coefficient (Wildman–Crippen LogP) is 1.10. The summed E-state index contributed by atoms with van der Waals surface area (Å²) in [6, 6.07) is -0.381. The second-order valence-electron chi connectivity index (χ2n) is 3.83. The fraction of sp³-hybridized carbons (Fsp3) is 0.545. The van der Waals surface area contributed by atoms with Crippen molar-refractivity contribution in [2.75, 3.05) is 19.3 Å². The van der Waals surface area contributed by atoms with Gasteiger partial charge < -0.3 is 14.6 Å². The van der Waals surface area contributed by atoms with Gasteiger partial charge in [-0.15, -0.1) is 0 Å². The van der Waals surface area contributed by atoms with E-state index in [2.05, 4.69) is 4.98 Å². The molecule has 1 atom stereocenters. The van der Waals surface area contributed by atoms with Crippen molar-refractivity contribution >= 4 is 23.6 Å². The average Bonchev–Trinajstić information content (AvgIpc) is 2.81. The average molecular weight is 271 g/mol. The van der Waals surface area contributed by atoms with E-state index in [0.717, 1.165) is 11.8 Å². The Morgan fingerprint density at radius 2 is 2.28 bits per heavy atom. The summed E-state index contributed by atoms with van der Waals surface area (Å²) in [4.78, 5) is 28.2. The molecule has 6 nitrogen and oxygen atoms in total. The van der Waals surface area contributed by atoms with Crippen molar-refractivity contribution in [3.63, 3.8) is 0 Å². The number of aromatic nitrogens is 2. The molecule has 1 aromatic heterocycles. The summed E-state index contributed by atoms with van der Waals surface area (Å²) in [7, 11) is 1.74. The summed E-state index contributed by atoms with van der Waals surface area (Å²) < 4.78 is 1.70.